The Balaban J connectivity index is 2.40. The predicted octanol–water partition coefficient (Wildman–Crippen LogP) is 3.05. The average Bonchev–Trinajstić information content (AvgIpc) is 2.78. The van der Waals surface area contributed by atoms with Crippen LogP contribution in [0.15, 0.2) is 30.6 Å². The second-order valence-corrected chi connectivity index (χ2v) is 4.76. The topological polar surface area (TPSA) is 29.9 Å². The van der Waals surface area contributed by atoms with Gasteiger partial charge in [0.15, 0.2) is 0 Å². The molecule has 102 valence electrons. The van der Waals surface area contributed by atoms with Crippen LogP contribution in [-0.2, 0) is 6.54 Å². The van der Waals surface area contributed by atoms with E-state index < -0.39 is 0 Å². The lowest BCUT2D eigenvalue weighted by Gasteiger charge is -2.18. The number of hydrogen-bond acceptors (Lipinski definition) is 2. The Bertz CT molecular complexity index is 528. The standard InChI is InChI=1S/C15H20FN3/c1-4-6-19-7-5-18-15(19)14(17-3)12-8-11(2)9-13(16)10-12/h5,7-10,14,17H,4,6H2,1-3H3. The maximum absolute atomic E-state index is 13.6. The molecule has 1 atom stereocenters. The number of halogens is 1. The van der Waals surface area contributed by atoms with E-state index in [0.29, 0.717) is 0 Å². The minimum absolute atomic E-state index is 0.0871. The van der Waals surface area contributed by atoms with Gasteiger partial charge < -0.3 is 9.88 Å². The Morgan fingerprint density at radius 2 is 2.16 bits per heavy atom. The highest BCUT2D eigenvalue weighted by atomic mass is 19.1. The van der Waals surface area contributed by atoms with Crippen molar-refractivity contribution in [2.24, 2.45) is 0 Å². The molecule has 4 heteroatoms. The summed E-state index contributed by atoms with van der Waals surface area (Å²) in [6.07, 6.45) is 4.80. The zero-order valence-corrected chi connectivity index (χ0v) is 11.7. The van der Waals surface area contributed by atoms with Crippen LogP contribution >= 0.6 is 0 Å². The van der Waals surface area contributed by atoms with Crippen LogP contribution in [0.2, 0.25) is 0 Å². The molecule has 0 amide bonds. The fourth-order valence-electron chi connectivity index (χ4n) is 2.39. The van der Waals surface area contributed by atoms with E-state index in [9.17, 15) is 4.39 Å². The second-order valence-electron chi connectivity index (χ2n) is 4.76. The number of benzene rings is 1. The maximum Gasteiger partial charge on any atom is 0.130 e. The third-order valence-electron chi connectivity index (χ3n) is 3.16. The zero-order valence-electron chi connectivity index (χ0n) is 11.7. The van der Waals surface area contributed by atoms with Crippen molar-refractivity contribution in [3.8, 4) is 0 Å². The zero-order chi connectivity index (χ0) is 13.8. The summed E-state index contributed by atoms with van der Waals surface area (Å²) in [6.45, 7) is 4.95. The van der Waals surface area contributed by atoms with Crippen molar-refractivity contribution >= 4 is 0 Å². The van der Waals surface area contributed by atoms with Crippen LogP contribution in [0.3, 0.4) is 0 Å². The highest BCUT2D eigenvalue weighted by Gasteiger charge is 2.18. The van der Waals surface area contributed by atoms with Gasteiger partial charge in [-0.15, -0.1) is 0 Å². The van der Waals surface area contributed by atoms with Crippen molar-refractivity contribution in [3.63, 3.8) is 0 Å². The number of rotatable bonds is 5. The van der Waals surface area contributed by atoms with Gasteiger partial charge in [-0.05, 0) is 43.7 Å². The van der Waals surface area contributed by atoms with Crippen molar-refractivity contribution in [2.75, 3.05) is 7.05 Å². The maximum atomic E-state index is 13.6. The van der Waals surface area contributed by atoms with E-state index in [-0.39, 0.29) is 11.9 Å². The van der Waals surface area contributed by atoms with E-state index in [1.165, 1.54) is 6.07 Å². The first-order valence-electron chi connectivity index (χ1n) is 6.61. The van der Waals surface area contributed by atoms with Gasteiger partial charge in [0.1, 0.15) is 11.6 Å². The molecule has 3 nitrogen and oxygen atoms in total. The van der Waals surface area contributed by atoms with Gasteiger partial charge in [0.05, 0.1) is 6.04 Å². The molecule has 0 aliphatic heterocycles. The van der Waals surface area contributed by atoms with Gasteiger partial charge in [0.2, 0.25) is 0 Å². The highest BCUT2D eigenvalue weighted by molar-refractivity contribution is 5.30. The Hall–Kier alpha value is -1.68. The van der Waals surface area contributed by atoms with E-state index in [1.807, 2.05) is 26.2 Å². The summed E-state index contributed by atoms with van der Waals surface area (Å²) in [4.78, 5) is 4.42. The molecule has 19 heavy (non-hydrogen) atoms. The Kier molecular flexibility index (Phi) is 4.32. The lowest BCUT2D eigenvalue weighted by atomic mass is 10.0. The van der Waals surface area contributed by atoms with Crippen LogP contribution in [0.5, 0.6) is 0 Å². The Labute approximate surface area is 113 Å². The number of imidazole rings is 1. The molecule has 1 aromatic heterocycles. The summed E-state index contributed by atoms with van der Waals surface area (Å²) < 4.78 is 15.7. The molecule has 0 spiro atoms. The predicted molar refractivity (Wildman–Crippen MR) is 74.6 cm³/mol. The van der Waals surface area contributed by atoms with Gasteiger partial charge in [-0.1, -0.05) is 13.0 Å². The lowest BCUT2D eigenvalue weighted by Crippen LogP contribution is -2.22. The first-order valence-corrected chi connectivity index (χ1v) is 6.61. The van der Waals surface area contributed by atoms with Gasteiger partial charge in [-0.2, -0.15) is 0 Å². The van der Waals surface area contributed by atoms with Crippen molar-refractivity contribution in [3.05, 3.63) is 53.4 Å². The summed E-state index contributed by atoms with van der Waals surface area (Å²) in [5.41, 5.74) is 1.83. The second kappa shape index (κ2) is 5.97. The molecular weight excluding hydrogens is 241 g/mol. The van der Waals surface area contributed by atoms with Crippen LogP contribution in [0.1, 0.15) is 36.3 Å². The highest BCUT2D eigenvalue weighted by Crippen LogP contribution is 2.22. The SMILES string of the molecule is CCCn1ccnc1C(NC)c1cc(C)cc(F)c1. The number of aromatic nitrogens is 2. The molecular formula is C15H20FN3. The molecule has 0 bridgehead atoms. The fourth-order valence-corrected chi connectivity index (χ4v) is 2.39. The van der Waals surface area contributed by atoms with Crippen molar-refractivity contribution in [2.45, 2.75) is 32.9 Å². The summed E-state index contributed by atoms with van der Waals surface area (Å²) in [6, 6.07) is 5.01. The minimum Gasteiger partial charge on any atom is -0.333 e. The first kappa shape index (κ1) is 13.7. The number of nitrogens with one attached hydrogen (secondary N) is 1. The van der Waals surface area contributed by atoms with Gasteiger partial charge in [-0.3, -0.25) is 0 Å². The van der Waals surface area contributed by atoms with Crippen LogP contribution in [0.4, 0.5) is 4.39 Å². The molecule has 2 aromatic rings. The molecule has 1 N–H and O–H groups in total. The molecule has 0 radical (unpaired) electrons. The van der Waals surface area contributed by atoms with E-state index in [0.717, 1.165) is 29.9 Å². The summed E-state index contributed by atoms with van der Waals surface area (Å²) in [7, 11) is 1.87. The van der Waals surface area contributed by atoms with Crippen molar-refractivity contribution < 1.29 is 4.39 Å². The summed E-state index contributed by atoms with van der Waals surface area (Å²) in [5, 5.41) is 3.22. The lowest BCUT2D eigenvalue weighted by molar-refractivity contribution is 0.561. The number of hydrogen-bond donors (Lipinski definition) is 1. The molecule has 1 aromatic carbocycles. The Morgan fingerprint density at radius 3 is 2.79 bits per heavy atom. The van der Waals surface area contributed by atoms with Gasteiger partial charge in [0, 0.05) is 18.9 Å². The largest absolute Gasteiger partial charge is 0.333 e. The van der Waals surface area contributed by atoms with Gasteiger partial charge in [0.25, 0.3) is 0 Å². The molecule has 2 rings (SSSR count). The number of nitrogens with zero attached hydrogens (tertiary/aromatic N) is 2. The molecule has 1 unspecified atom stereocenters. The monoisotopic (exact) mass is 261 g/mol. The summed E-state index contributed by atoms with van der Waals surface area (Å²) >= 11 is 0. The Morgan fingerprint density at radius 1 is 1.37 bits per heavy atom. The molecule has 0 aliphatic carbocycles. The molecule has 0 fully saturated rings. The molecule has 0 saturated heterocycles. The third kappa shape index (κ3) is 3.01. The fraction of sp³-hybridized carbons (Fsp3) is 0.400. The van der Waals surface area contributed by atoms with E-state index in [4.69, 9.17) is 0 Å². The van der Waals surface area contributed by atoms with E-state index >= 15 is 0 Å². The van der Waals surface area contributed by atoms with Crippen molar-refractivity contribution in [1.82, 2.24) is 14.9 Å². The molecule has 0 saturated carbocycles. The third-order valence-corrected chi connectivity index (χ3v) is 3.16. The summed E-state index contributed by atoms with van der Waals surface area (Å²) in [5.74, 6) is 0.721. The van der Waals surface area contributed by atoms with E-state index in [1.54, 1.807) is 12.3 Å². The van der Waals surface area contributed by atoms with Crippen LogP contribution in [-0.4, -0.2) is 16.6 Å². The van der Waals surface area contributed by atoms with E-state index in [2.05, 4.69) is 21.8 Å². The quantitative estimate of drug-likeness (QED) is 0.896. The van der Waals surface area contributed by atoms with Crippen LogP contribution in [0.25, 0.3) is 0 Å². The van der Waals surface area contributed by atoms with Crippen LogP contribution in [0, 0.1) is 12.7 Å². The average molecular weight is 261 g/mol. The van der Waals surface area contributed by atoms with Gasteiger partial charge >= 0.3 is 0 Å². The van der Waals surface area contributed by atoms with Crippen LogP contribution < -0.4 is 5.32 Å². The normalized spacial score (nSPS) is 12.6. The van der Waals surface area contributed by atoms with Crippen molar-refractivity contribution in [1.29, 1.82) is 0 Å². The molecule has 1 heterocycles. The van der Waals surface area contributed by atoms with Gasteiger partial charge in [-0.25, -0.2) is 9.37 Å². The molecule has 0 aliphatic rings. The number of aryl methyl sites for hydroxylation is 2. The minimum atomic E-state index is -0.205. The first-order chi connectivity index (χ1) is 9.15. The smallest absolute Gasteiger partial charge is 0.130 e.